The Morgan fingerprint density at radius 1 is 0.759 bits per heavy atom. The summed E-state index contributed by atoms with van der Waals surface area (Å²) in [6.45, 7) is 0.587. The van der Waals surface area contributed by atoms with Crippen molar-refractivity contribution >= 4 is 23.5 Å². The average molecular weight is 383 g/mol. The van der Waals surface area contributed by atoms with E-state index in [4.69, 9.17) is 17.2 Å². The van der Waals surface area contributed by atoms with Crippen LogP contribution in [0.2, 0.25) is 0 Å². The second kappa shape index (κ2) is 9.92. The molecular formula is C24H25N5. The van der Waals surface area contributed by atoms with Crippen LogP contribution in [0.25, 0.3) is 23.4 Å². The lowest BCUT2D eigenvalue weighted by molar-refractivity contribution is 1.07. The van der Waals surface area contributed by atoms with Crippen LogP contribution >= 0.6 is 0 Å². The van der Waals surface area contributed by atoms with Gasteiger partial charge in [0.15, 0.2) is 0 Å². The highest BCUT2D eigenvalue weighted by atomic mass is 15.1. The van der Waals surface area contributed by atoms with Crippen molar-refractivity contribution in [2.24, 2.45) is 5.73 Å². The zero-order chi connectivity index (χ0) is 20.5. The number of nitrogens with one attached hydrogen (secondary N) is 1. The predicted octanol–water partition coefficient (Wildman–Crippen LogP) is 4.56. The summed E-state index contributed by atoms with van der Waals surface area (Å²) in [6.07, 6.45) is 5.81. The fourth-order valence-electron chi connectivity index (χ4n) is 2.69. The van der Waals surface area contributed by atoms with Gasteiger partial charge in [0.05, 0.1) is 17.1 Å². The number of aromatic amines is 1. The van der Waals surface area contributed by atoms with Crippen LogP contribution in [-0.2, 0) is 6.54 Å². The van der Waals surface area contributed by atoms with Crippen LogP contribution in [0.1, 0.15) is 16.7 Å². The van der Waals surface area contributed by atoms with Crippen molar-refractivity contribution < 1.29 is 0 Å². The highest BCUT2D eigenvalue weighted by Gasteiger charge is 1.97. The Morgan fingerprint density at radius 3 is 2.10 bits per heavy atom. The van der Waals surface area contributed by atoms with Gasteiger partial charge in [0.25, 0.3) is 0 Å². The molecule has 7 N–H and O–H groups in total. The maximum Gasteiger partial charge on any atom is 0.0650 e. The topological polar surface area (TPSA) is 107 Å². The van der Waals surface area contributed by atoms with E-state index in [1.807, 2.05) is 78.9 Å². The van der Waals surface area contributed by atoms with E-state index in [0.717, 1.165) is 27.9 Å². The highest BCUT2D eigenvalue weighted by molar-refractivity contribution is 5.74. The third-order valence-corrected chi connectivity index (χ3v) is 4.38. The van der Waals surface area contributed by atoms with E-state index < -0.39 is 0 Å². The number of nitrogen functional groups attached to an aromatic ring is 2. The Kier molecular flexibility index (Phi) is 6.81. The summed E-state index contributed by atoms with van der Waals surface area (Å²) < 4.78 is 0. The van der Waals surface area contributed by atoms with Gasteiger partial charge in [-0.2, -0.15) is 5.10 Å². The van der Waals surface area contributed by atoms with Crippen LogP contribution in [0.4, 0.5) is 11.4 Å². The molecule has 5 heteroatoms. The van der Waals surface area contributed by atoms with Gasteiger partial charge in [0.1, 0.15) is 0 Å². The Labute approximate surface area is 170 Å². The fraction of sp³-hybridized carbons (Fsp3) is 0.0417. The van der Waals surface area contributed by atoms with Crippen LogP contribution < -0.4 is 17.2 Å². The molecule has 0 fully saturated rings. The minimum absolute atomic E-state index is 0.587. The first-order valence-corrected chi connectivity index (χ1v) is 9.32. The van der Waals surface area contributed by atoms with Crippen molar-refractivity contribution in [3.63, 3.8) is 0 Å². The normalized spacial score (nSPS) is 10.5. The zero-order valence-corrected chi connectivity index (χ0v) is 16.1. The molecule has 0 amide bonds. The van der Waals surface area contributed by atoms with Gasteiger partial charge in [-0.1, -0.05) is 72.8 Å². The third kappa shape index (κ3) is 5.82. The van der Waals surface area contributed by atoms with Crippen LogP contribution in [-0.4, -0.2) is 10.2 Å². The molecule has 1 heterocycles. The minimum atomic E-state index is 0.587. The number of nitrogens with two attached hydrogens (primary N) is 3. The Morgan fingerprint density at radius 2 is 1.48 bits per heavy atom. The van der Waals surface area contributed by atoms with Crippen molar-refractivity contribution in [2.45, 2.75) is 6.54 Å². The quantitative estimate of drug-likeness (QED) is 0.306. The lowest BCUT2D eigenvalue weighted by Crippen LogP contribution is -1.95. The Bertz CT molecular complexity index is 1040. The summed E-state index contributed by atoms with van der Waals surface area (Å²) in [5.41, 5.74) is 23.6. The standard InChI is InChI=1S/C14H14N2.C10H11N3/c15-13-9-8-12(10-14(13)16)7-6-11-4-2-1-3-5-11;11-7-8-1-3-9(4-2-8)10-5-6-12-13-10/h1-10H,15-16H2;1-6H,7,11H2,(H,12,13). The second-order valence-corrected chi connectivity index (χ2v) is 6.50. The Hall–Kier alpha value is -3.83. The summed E-state index contributed by atoms with van der Waals surface area (Å²) in [5.74, 6) is 0. The van der Waals surface area contributed by atoms with Gasteiger partial charge >= 0.3 is 0 Å². The molecule has 1 aromatic heterocycles. The van der Waals surface area contributed by atoms with Gasteiger partial charge in [-0.3, -0.25) is 5.10 Å². The monoisotopic (exact) mass is 383 g/mol. The van der Waals surface area contributed by atoms with Crippen LogP contribution in [0, 0.1) is 0 Å². The van der Waals surface area contributed by atoms with Crippen molar-refractivity contribution in [3.05, 3.63) is 102 Å². The number of hydrogen-bond acceptors (Lipinski definition) is 4. The van der Waals surface area contributed by atoms with Crippen molar-refractivity contribution in [1.29, 1.82) is 0 Å². The molecule has 0 atom stereocenters. The van der Waals surface area contributed by atoms with E-state index >= 15 is 0 Å². The summed E-state index contributed by atoms with van der Waals surface area (Å²) >= 11 is 0. The summed E-state index contributed by atoms with van der Waals surface area (Å²) in [4.78, 5) is 0. The van der Waals surface area contributed by atoms with Gasteiger partial charge in [0.2, 0.25) is 0 Å². The first-order valence-electron chi connectivity index (χ1n) is 9.32. The van der Waals surface area contributed by atoms with E-state index in [9.17, 15) is 0 Å². The third-order valence-electron chi connectivity index (χ3n) is 4.38. The molecular weight excluding hydrogens is 358 g/mol. The molecule has 0 aliphatic carbocycles. The molecule has 0 radical (unpaired) electrons. The molecule has 0 unspecified atom stereocenters. The van der Waals surface area contributed by atoms with Crippen LogP contribution in [0.15, 0.2) is 85.1 Å². The largest absolute Gasteiger partial charge is 0.397 e. The molecule has 5 nitrogen and oxygen atoms in total. The summed E-state index contributed by atoms with van der Waals surface area (Å²) in [6, 6.07) is 25.8. The van der Waals surface area contributed by atoms with Gasteiger partial charge < -0.3 is 17.2 Å². The van der Waals surface area contributed by atoms with Gasteiger partial charge in [0, 0.05) is 12.7 Å². The lowest BCUT2D eigenvalue weighted by atomic mass is 10.1. The first kappa shape index (κ1) is 19.9. The maximum absolute atomic E-state index is 5.73. The average Bonchev–Trinajstić information content (AvgIpc) is 3.31. The molecule has 0 spiro atoms. The molecule has 4 aromatic rings. The lowest BCUT2D eigenvalue weighted by Gasteiger charge is -2.00. The predicted molar refractivity (Wildman–Crippen MR) is 123 cm³/mol. The zero-order valence-electron chi connectivity index (χ0n) is 16.1. The number of aromatic nitrogens is 2. The fourth-order valence-corrected chi connectivity index (χ4v) is 2.69. The van der Waals surface area contributed by atoms with E-state index in [1.165, 1.54) is 0 Å². The molecule has 0 bridgehead atoms. The maximum atomic E-state index is 5.73. The van der Waals surface area contributed by atoms with Gasteiger partial charge in [-0.25, -0.2) is 0 Å². The number of H-pyrrole nitrogens is 1. The Balaban J connectivity index is 0.000000169. The van der Waals surface area contributed by atoms with E-state index in [2.05, 4.69) is 22.3 Å². The number of anilines is 2. The van der Waals surface area contributed by atoms with E-state index in [-0.39, 0.29) is 0 Å². The minimum Gasteiger partial charge on any atom is -0.397 e. The number of benzene rings is 3. The first-order chi connectivity index (χ1) is 14.2. The van der Waals surface area contributed by atoms with Crippen LogP contribution in [0.3, 0.4) is 0 Å². The van der Waals surface area contributed by atoms with Crippen LogP contribution in [0.5, 0.6) is 0 Å². The number of rotatable bonds is 4. The number of nitrogens with zero attached hydrogens (tertiary/aromatic N) is 1. The summed E-state index contributed by atoms with van der Waals surface area (Å²) in [7, 11) is 0. The van der Waals surface area contributed by atoms with E-state index in [0.29, 0.717) is 17.9 Å². The number of hydrogen-bond donors (Lipinski definition) is 4. The smallest absolute Gasteiger partial charge is 0.0650 e. The molecule has 0 saturated heterocycles. The van der Waals surface area contributed by atoms with Crippen molar-refractivity contribution in [2.75, 3.05) is 11.5 Å². The highest BCUT2D eigenvalue weighted by Crippen LogP contribution is 2.18. The van der Waals surface area contributed by atoms with Crippen molar-refractivity contribution in [3.8, 4) is 11.3 Å². The molecule has 0 saturated carbocycles. The van der Waals surface area contributed by atoms with E-state index in [1.54, 1.807) is 6.20 Å². The molecule has 4 rings (SSSR count). The summed E-state index contributed by atoms with van der Waals surface area (Å²) in [5, 5.41) is 6.80. The SMILES string of the molecule is NCc1ccc(-c2ccn[nH]2)cc1.Nc1ccc(C=Cc2ccccc2)cc1N. The van der Waals surface area contributed by atoms with Gasteiger partial charge in [-0.05, 0) is 40.5 Å². The molecule has 0 aliphatic heterocycles. The second-order valence-electron chi connectivity index (χ2n) is 6.50. The molecule has 146 valence electrons. The van der Waals surface area contributed by atoms with Crippen molar-refractivity contribution in [1.82, 2.24) is 10.2 Å². The van der Waals surface area contributed by atoms with Gasteiger partial charge in [-0.15, -0.1) is 0 Å². The molecule has 0 aliphatic rings. The molecule has 3 aromatic carbocycles. The molecule has 29 heavy (non-hydrogen) atoms.